The average molecular weight is 336 g/mol. The van der Waals surface area contributed by atoms with E-state index in [2.05, 4.69) is 22.6 Å². The number of amides is 4. The molecule has 2 saturated heterocycles. The Morgan fingerprint density at radius 3 is 2.91 bits per heavy atom. The summed E-state index contributed by atoms with van der Waals surface area (Å²) < 4.78 is 0. The van der Waals surface area contributed by atoms with E-state index in [9.17, 15) is 14.4 Å². The van der Waals surface area contributed by atoms with E-state index in [1.165, 1.54) is 11.1 Å². The molecule has 3 aliphatic rings. The molecule has 0 aromatic heterocycles. The molecule has 7 nitrogen and oxygen atoms in total. The van der Waals surface area contributed by atoms with Gasteiger partial charge in [-0.2, -0.15) is 11.8 Å². The number of thioether (sulfide) groups is 1. The number of rotatable bonds is 6. The van der Waals surface area contributed by atoms with Gasteiger partial charge in [0.15, 0.2) is 0 Å². The Labute approximate surface area is 138 Å². The minimum atomic E-state index is -0.277. The lowest BCUT2D eigenvalue weighted by molar-refractivity contribution is -0.134. The lowest BCUT2D eigenvalue weighted by Crippen LogP contribution is -2.42. The Bertz CT molecular complexity index is 559. The summed E-state index contributed by atoms with van der Waals surface area (Å²) in [7, 11) is 0. The second kappa shape index (κ2) is 6.66. The molecule has 4 amide bonds. The highest BCUT2D eigenvalue weighted by Gasteiger charge is 2.42. The van der Waals surface area contributed by atoms with Gasteiger partial charge in [0.1, 0.15) is 0 Å². The van der Waals surface area contributed by atoms with Crippen LogP contribution in [0.25, 0.3) is 0 Å². The van der Waals surface area contributed by atoms with Crippen LogP contribution in [0.4, 0.5) is 4.79 Å². The van der Waals surface area contributed by atoms with E-state index >= 15 is 0 Å². The summed E-state index contributed by atoms with van der Waals surface area (Å²) in [6.45, 7) is 3.69. The molecule has 124 valence electrons. The standard InChI is InChI=1S/C15H20N4O3S/c1-9-6-7-13(21)19(9)18-12(20)5-3-2-4-11-14-10(8-23-11)16-15(22)17-14/h6-7,10-11,14H,1-5,8H2,(H,18,20)(H2,16,17,22)/t10-,11-,14-/m1/s1. The van der Waals surface area contributed by atoms with Crippen LogP contribution in [0.15, 0.2) is 24.4 Å². The second-order valence-electron chi connectivity index (χ2n) is 5.90. The van der Waals surface area contributed by atoms with E-state index < -0.39 is 0 Å². The normalized spacial score (nSPS) is 28.8. The van der Waals surface area contributed by atoms with Crippen molar-refractivity contribution in [3.8, 4) is 0 Å². The smallest absolute Gasteiger partial charge is 0.315 e. The predicted octanol–water partition coefficient (Wildman–Crippen LogP) is 0.656. The highest BCUT2D eigenvalue weighted by atomic mass is 32.2. The van der Waals surface area contributed by atoms with Crippen molar-refractivity contribution in [2.24, 2.45) is 0 Å². The lowest BCUT2D eigenvalue weighted by Gasteiger charge is -2.18. The van der Waals surface area contributed by atoms with Gasteiger partial charge in [0.25, 0.3) is 5.91 Å². The molecule has 2 fully saturated rings. The molecule has 3 N–H and O–H groups in total. The third-order valence-electron chi connectivity index (χ3n) is 4.24. The number of allylic oxidation sites excluding steroid dienone is 1. The fraction of sp³-hybridized carbons (Fsp3) is 0.533. The molecular weight excluding hydrogens is 316 g/mol. The van der Waals surface area contributed by atoms with Crippen molar-refractivity contribution in [2.45, 2.75) is 43.0 Å². The summed E-state index contributed by atoms with van der Waals surface area (Å²) in [5, 5.41) is 7.45. The highest BCUT2D eigenvalue weighted by molar-refractivity contribution is 8.00. The number of hydrogen-bond acceptors (Lipinski definition) is 4. The zero-order chi connectivity index (χ0) is 16.4. The molecule has 3 rings (SSSR count). The van der Waals surface area contributed by atoms with E-state index in [-0.39, 0.29) is 29.9 Å². The number of nitrogens with one attached hydrogen (secondary N) is 3. The van der Waals surface area contributed by atoms with Crippen LogP contribution < -0.4 is 16.1 Å². The van der Waals surface area contributed by atoms with Crippen molar-refractivity contribution in [3.63, 3.8) is 0 Å². The van der Waals surface area contributed by atoms with Crippen LogP contribution in [0.2, 0.25) is 0 Å². The molecule has 3 aliphatic heterocycles. The van der Waals surface area contributed by atoms with Crippen molar-refractivity contribution in [2.75, 3.05) is 5.75 Å². The van der Waals surface area contributed by atoms with Crippen molar-refractivity contribution >= 4 is 29.6 Å². The number of nitrogens with zero attached hydrogens (tertiary/aromatic N) is 1. The quantitative estimate of drug-likeness (QED) is 0.491. The summed E-state index contributed by atoms with van der Waals surface area (Å²) in [5.41, 5.74) is 3.03. The topological polar surface area (TPSA) is 90.5 Å². The Balaban J connectivity index is 1.34. The van der Waals surface area contributed by atoms with Gasteiger partial charge in [0.2, 0.25) is 5.91 Å². The molecule has 0 saturated carbocycles. The summed E-state index contributed by atoms with van der Waals surface area (Å²) >= 11 is 1.87. The van der Waals surface area contributed by atoms with Crippen molar-refractivity contribution in [3.05, 3.63) is 24.4 Å². The zero-order valence-corrected chi connectivity index (χ0v) is 13.5. The minimum absolute atomic E-state index is 0.0752. The van der Waals surface area contributed by atoms with Gasteiger partial charge in [-0.05, 0) is 18.9 Å². The number of carbonyl (C=O) groups excluding carboxylic acids is 3. The Morgan fingerprint density at radius 2 is 2.17 bits per heavy atom. The Morgan fingerprint density at radius 1 is 1.35 bits per heavy atom. The van der Waals surface area contributed by atoms with Crippen LogP contribution in [0.1, 0.15) is 25.7 Å². The van der Waals surface area contributed by atoms with Crippen molar-refractivity contribution in [1.82, 2.24) is 21.1 Å². The SMILES string of the molecule is C=C1C=CC(=O)N1NC(=O)CCCC[C@H]1SC[C@H]2NC(=O)N[C@H]21. The average Bonchev–Trinajstić information content (AvgIpc) is 3.14. The van der Waals surface area contributed by atoms with Crippen LogP contribution in [-0.4, -0.2) is 45.9 Å². The van der Waals surface area contributed by atoms with Crippen LogP contribution in [0.3, 0.4) is 0 Å². The van der Waals surface area contributed by atoms with E-state index in [4.69, 9.17) is 0 Å². The monoisotopic (exact) mass is 336 g/mol. The lowest BCUT2D eigenvalue weighted by atomic mass is 10.0. The maximum Gasteiger partial charge on any atom is 0.315 e. The summed E-state index contributed by atoms with van der Waals surface area (Å²) in [6, 6.07) is 0.368. The molecule has 0 spiro atoms. The number of unbranched alkanes of at least 4 members (excludes halogenated alkanes) is 1. The van der Waals surface area contributed by atoms with Gasteiger partial charge in [0, 0.05) is 23.5 Å². The molecule has 0 unspecified atom stereocenters. The first-order valence-corrected chi connectivity index (χ1v) is 8.78. The molecule has 8 heteroatoms. The van der Waals surface area contributed by atoms with Gasteiger partial charge in [-0.15, -0.1) is 0 Å². The van der Waals surface area contributed by atoms with Gasteiger partial charge < -0.3 is 10.6 Å². The highest BCUT2D eigenvalue weighted by Crippen LogP contribution is 2.33. The van der Waals surface area contributed by atoms with Crippen molar-refractivity contribution in [1.29, 1.82) is 0 Å². The molecule has 0 aliphatic carbocycles. The number of hydrazine groups is 1. The molecular formula is C15H20N4O3S. The van der Waals surface area contributed by atoms with Crippen LogP contribution in [0.5, 0.6) is 0 Å². The summed E-state index contributed by atoms with van der Waals surface area (Å²) in [4.78, 5) is 34.7. The second-order valence-corrected chi connectivity index (χ2v) is 7.17. The fourth-order valence-corrected chi connectivity index (χ4v) is 4.58. The molecule has 23 heavy (non-hydrogen) atoms. The number of urea groups is 1. The van der Waals surface area contributed by atoms with Gasteiger partial charge in [-0.1, -0.05) is 13.0 Å². The summed E-state index contributed by atoms with van der Waals surface area (Å²) in [5.74, 6) is 0.484. The minimum Gasteiger partial charge on any atom is -0.332 e. The number of fused-ring (bicyclic) bond motifs is 1. The largest absolute Gasteiger partial charge is 0.332 e. The van der Waals surface area contributed by atoms with Crippen molar-refractivity contribution < 1.29 is 14.4 Å². The number of carbonyl (C=O) groups is 3. The first-order valence-electron chi connectivity index (χ1n) is 7.74. The first kappa shape index (κ1) is 15.9. The van der Waals surface area contributed by atoms with Gasteiger partial charge in [-0.25, -0.2) is 9.80 Å². The van der Waals surface area contributed by atoms with E-state index in [0.717, 1.165) is 25.0 Å². The van der Waals surface area contributed by atoms with E-state index in [0.29, 0.717) is 17.4 Å². The Kier molecular flexibility index (Phi) is 4.61. The van der Waals surface area contributed by atoms with E-state index in [1.54, 1.807) is 6.08 Å². The first-order chi connectivity index (χ1) is 11.0. The van der Waals surface area contributed by atoms with Gasteiger partial charge >= 0.3 is 6.03 Å². The molecule has 0 aromatic carbocycles. The maximum atomic E-state index is 11.9. The predicted molar refractivity (Wildman–Crippen MR) is 87.2 cm³/mol. The molecule has 3 atom stereocenters. The van der Waals surface area contributed by atoms with E-state index in [1.807, 2.05) is 11.8 Å². The number of hydrogen-bond donors (Lipinski definition) is 3. The third kappa shape index (κ3) is 3.52. The molecule has 0 aromatic rings. The summed E-state index contributed by atoms with van der Waals surface area (Å²) in [6.07, 6.45) is 5.95. The Hall–Kier alpha value is -1.96. The molecule has 0 radical (unpaired) electrons. The van der Waals surface area contributed by atoms with Crippen LogP contribution >= 0.6 is 11.8 Å². The zero-order valence-electron chi connectivity index (χ0n) is 12.7. The fourth-order valence-electron chi connectivity index (χ4n) is 3.04. The van der Waals surface area contributed by atoms with Gasteiger partial charge in [0.05, 0.1) is 17.8 Å². The molecule has 3 heterocycles. The molecule has 0 bridgehead atoms. The third-order valence-corrected chi connectivity index (χ3v) is 5.75. The van der Waals surface area contributed by atoms with Gasteiger partial charge in [-0.3, -0.25) is 15.0 Å². The van der Waals surface area contributed by atoms with Crippen LogP contribution in [-0.2, 0) is 9.59 Å². The maximum absolute atomic E-state index is 11.9. The van der Waals surface area contributed by atoms with Crippen LogP contribution in [0, 0.1) is 0 Å².